The molecule has 0 aromatic carbocycles. The van der Waals surface area contributed by atoms with Crippen molar-refractivity contribution in [2.45, 2.75) is 6.10 Å². The number of hydrogen-bond acceptors (Lipinski definition) is 5. The first-order valence-corrected chi connectivity index (χ1v) is 6.15. The molecule has 0 amide bonds. The highest BCUT2D eigenvalue weighted by molar-refractivity contribution is 5.66. The number of aromatic nitrogens is 3. The van der Waals surface area contributed by atoms with Gasteiger partial charge in [0.15, 0.2) is 5.82 Å². The predicted octanol–water partition coefficient (Wildman–Crippen LogP) is 0.472. The van der Waals surface area contributed by atoms with Gasteiger partial charge in [0, 0.05) is 32.0 Å². The molecule has 1 fully saturated rings. The van der Waals surface area contributed by atoms with Crippen LogP contribution in [0.15, 0.2) is 24.7 Å². The molecule has 0 saturated carbocycles. The second-order valence-electron chi connectivity index (χ2n) is 4.57. The average Bonchev–Trinajstić information content (AvgIpc) is 2.85. The SMILES string of the molecule is CN1CCOC(CNc2nccn3nccc23)C1. The number of nitrogens with one attached hydrogen (secondary N) is 1. The van der Waals surface area contributed by atoms with E-state index in [0.29, 0.717) is 0 Å². The van der Waals surface area contributed by atoms with E-state index in [1.54, 1.807) is 12.4 Å². The highest BCUT2D eigenvalue weighted by atomic mass is 16.5. The first-order chi connectivity index (χ1) is 8.83. The monoisotopic (exact) mass is 247 g/mol. The Bertz CT molecular complexity index is 526. The lowest BCUT2D eigenvalue weighted by molar-refractivity contribution is -0.0117. The van der Waals surface area contributed by atoms with Gasteiger partial charge in [0.1, 0.15) is 5.52 Å². The van der Waals surface area contributed by atoms with E-state index >= 15 is 0 Å². The third-order valence-electron chi connectivity index (χ3n) is 3.16. The topological polar surface area (TPSA) is 54.7 Å². The standard InChI is InChI=1S/C12H17N5O/c1-16-6-7-18-10(9-16)8-14-12-11-2-3-15-17(11)5-4-13-12/h2-5,10H,6-9H2,1H3,(H,13,14). The van der Waals surface area contributed by atoms with Crippen LogP contribution in [0, 0.1) is 0 Å². The van der Waals surface area contributed by atoms with Gasteiger partial charge in [-0.2, -0.15) is 5.10 Å². The molecule has 0 spiro atoms. The largest absolute Gasteiger partial charge is 0.374 e. The van der Waals surface area contributed by atoms with Gasteiger partial charge in [-0.15, -0.1) is 0 Å². The second-order valence-corrected chi connectivity index (χ2v) is 4.57. The van der Waals surface area contributed by atoms with Crippen molar-refractivity contribution >= 4 is 11.3 Å². The summed E-state index contributed by atoms with van der Waals surface area (Å²) in [6, 6.07) is 1.95. The summed E-state index contributed by atoms with van der Waals surface area (Å²) in [5.74, 6) is 0.854. The Morgan fingerprint density at radius 1 is 1.50 bits per heavy atom. The minimum Gasteiger partial charge on any atom is -0.374 e. The smallest absolute Gasteiger partial charge is 0.152 e. The van der Waals surface area contributed by atoms with Crippen LogP contribution < -0.4 is 5.32 Å². The summed E-state index contributed by atoms with van der Waals surface area (Å²) in [6.45, 7) is 3.53. The quantitative estimate of drug-likeness (QED) is 0.854. The first-order valence-electron chi connectivity index (χ1n) is 6.15. The fourth-order valence-electron chi connectivity index (χ4n) is 2.19. The van der Waals surface area contributed by atoms with Gasteiger partial charge in [0.05, 0.1) is 18.9 Å². The number of fused-ring (bicyclic) bond motifs is 1. The fourth-order valence-corrected chi connectivity index (χ4v) is 2.19. The lowest BCUT2D eigenvalue weighted by atomic mass is 10.3. The Morgan fingerprint density at radius 3 is 3.33 bits per heavy atom. The van der Waals surface area contributed by atoms with E-state index in [9.17, 15) is 0 Å². The summed E-state index contributed by atoms with van der Waals surface area (Å²) in [6.07, 6.45) is 5.57. The van der Waals surface area contributed by atoms with E-state index in [0.717, 1.165) is 37.6 Å². The Labute approximate surface area is 106 Å². The molecular weight excluding hydrogens is 230 g/mol. The predicted molar refractivity (Wildman–Crippen MR) is 68.7 cm³/mol. The first kappa shape index (κ1) is 11.4. The van der Waals surface area contributed by atoms with E-state index in [1.807, 2.05) is 16.8 Å². The van der Waals surface area contributed by atoms with Crippen LogP contribution in [0.5, 0.6) is 0 Å². The maximum Gasteiger partial charge on any atom is 0.152 e. The van der Waals surface area contributed by atoms with Crippen molar-refractivity contribution in [3.05, 3.63) is 24.7 Å². The molecule has 18 heavy (non-hydrogen) atoms. The second kappa shape index (κ2) is 4.91. The van der Waals surface area contributed by atoms with Crippen molar-refractivity contribution in [3.8, 4) is 0 Å². The zero-order valence-corrected chi connectivity index (χ0v) is 10.4. The van der Waals surface area contributed by atoms with Gasteiger partial charge in [-0.1, -0.05) is 0 Å². The summed E-state index contributed by atoms with van der Waals surface area (Å²) in [4.78, 5) is 6.62. The molecule has 1 saturated heterocycles. The molecule has 0 radical (unpaired) electrons. The van der Waals surface area contributed by atoms with Gasteiger partial charge < -0.3 is 15.0 Å². The number of ether oxygens (including phenoxy) is 1. The number of nitrogens with zero attached hydrogens (tertiary/aromatic N) is 4. The molecule has 2 aromatic rings. The Kier molecular flexibility index (Phi) is 3.12. The molecular formula is C12H17N5O. The minimum atomic E-state index is 0.216. The van der Waals surface area contributed by atoms with Crippen molar-refractivity contribution in [3.63, 3.8) is 0 Å². The van der Waals surface area contributed by atoms with Crippen LogP contribution in [0.25, 0.3) is 5.52 Å². The lowest BCUT2D eigenvalue weighted by Crippen LogP contribution is -2.43. The van der Waals surface area contributed by atoms with Crippen LogP contribution in [0.2, 0.25) is 0 Å². The average molecular weight is 247 g/mol. The maximum absolute atomic E-state index is 5.71. The Balaban J connectivity index is 1.67. The third-order valence-corrected chi connectivity index (χ3v) is 3.16. The maximum atomic E-state index is 5.71. The molecule has 6 heteroatoms. The molecule has 6 nitrogen and oxygen atoms in total. The van der Waals surface area contributed by atoms with Crippen LogP contribution in [-0.4, -0.2) is 58.9 Å². The molecule has 3 heterocycles. The normalized spacial score (nSPS) is 21.3. The molecule has 3 rings (SSSR count). The summed E-state index contributed by atoms with van der Waals surface area (Å²) in [5, 5.41) is 7.52. The molecule has 2 aromatic heterocycles. The van der Waals surface area contributed by atoms with E-state index < -0.39 is 0 Å². The molecule has 1 aliphatic rings. The van der Waals surface area contributed by atoms with E-state index in [4.69, 9.17) is 4.74 Å². The van der Waals surface area contributed by atoms with Gasteiger partial charge >= 0.3 is 0 Å². The number of anilines is 1. The highest BCUT2D eigenvalue weighted by Gasteiger charge is 2.17. The van der Waals surface area contributed by atoms with E-state index in [-0.39, 0.29) is 6.10 Å². The molecule has 1 unspecified atom stereocenters. The molecule has 1 N–H and O–H groups in total. The summed E-state index contributed by atoms with van der Waals surface area (Å²) in [7, 11) is 2.12. The Morgan fingerprint density at radius 2 is 2.44 bits per heavy atom. The molecule has 96 valence electrons. The number of hydrogen-bond donors (Lipinski definition) is 1. The van der Waals surface area contributed by atoms with Crippen LogP contribution in [-0.2, 0) is 4.74 Å². The van der Waals surface area contributed by atoms with Crippen LogP contribution in [0.3, 0.4) is 0 Å². The van der Waals surface area contributed by atoms with Gasteiger partial charge in [-0.05, 0) is 13.1 Å². The lowest BCUT2D eigenvalue weighted by Gasteiger charge is -2.30. The van der Waals surface area contributed by atoms with Crippen LogP contribution in [0.4, 0.5) is 5.82 Å². The van der Waals surface area contributed by atoms with E-state index in [1.165, 1.54) is 0 Å². The summed E-state index contributed by atoms with van der Waals surface area (Å²) in [5.41, 5.74) is 0.988. The zero-order valence-electron chi connectivity index (χ0n) is 10.4. The number of likely N-dealkylation sites (N-methyl/N-ethyl adjacent to an activating group) is 1. The number of rotatable bonds is 3. The zero-order chi connectivity index (χ0) is 12.4. The van der Waals surface area contributed by atoms with E-state index in [2.05, 4.69) is 27.3 Å². The van der Waals surface area contributed by atoms with Gasteiger partial charge in [0.2, 0.25) is 0 Å². The number of morpholine rings is 1. The van der Waals surface area contributed by atoms with Gasteiger partial charge in [0.25, 0.3) is 0 Å². The van der Waals surface area contributed by atoms with Crippen molar-refractivity contribution in [1.82, 2.24) is 19.5 Å². The summed E-state index contributed by atoms with van der Waals surface area (Å²) >= 11 is 0. The van der Waals surface area contributed by atoms with Crippen LogP contribution >= 0.6 is 0 Å². The van der Waals surface area contributed by atoms with Crippen molar-refractivity contribution in [2.24, 2.45) is 0 Å². The van der Waals surface area contributed by atoms with Crippen molar-refractivity contribution in [1.29, 1.82) is 0 Å². The Hall–Kier alpha value is -1.66. The molecule has 0 bridgehead atoms. The minimum absolute atomic E-state index is 0.216. The molecule has 1 atom stereocenters. The third kappa shape index (κ3) is 2.30. The van der Waals surface area contributed by atoms with Gasteiger partial charge in [-0.3, -0.25) is 0 Å². The molecule has 0 aliphatic carbocycles. The van der Waals surface area contributed by atoms with Gasteiger partial charge in [-0.25, -0.2) is 9.50 Å². The molecule has 1 aliphatic heterocycles. The highest BCUT2D eigenvalue weighted by Crippen LogP contribution is 2.13. The fraction of sp³-hybridized carbons (Fsp3) is 0.500. The van der Waals surface area contributed by atoms with Crippen LogP contribution in [0.1, 0.15) is 0 Å². The van der Waals surface area contributed by atoms with Crippen molar-refractivity contribution in [2.75, 3.05) is 38.6 Å². The summed E-state index contributed by atoms with van der Waals surface area (Å²) < 4.78 is 7.52. The van der Waals surface area contributed by atoms with Crippen molar-refractivity contribution < 1.29 is 4.74 Å².